The molecule has 3 rings (SSSR count). The van der Waals surface area contributed by atoms with Gasteiger partial charge in [0.05, 0.1) is 5.48 Å². The van der Waals surface area contributed by atoms with Gasteiger partial charge in [0.25, 0.3) is 0 Å². The van der Waals surface area contributed by atoms with E-state index < -0.39 is 112 Å². The number of rotatable bonds is 10. The first kappa shape index (κ1) is 24.0. The second-order valence-electron chi connectivity index (χ2n) is 8.16. The standard InChI is InChI=1S/C24H28N2O13S2/c1-12(27)34-11-19-21(35-13(2)28)22(36-14(3)29)23(37-15(4)30)24(38-19)40-20(26-39-41(31,32)33)9-16-10-25-18-8-6-5-7-17(16)18/h5-8,10,19,21-25H,9,11H2,1-4H3,(H,31,32,33)/b26-20-/t19-,21-,22+,23-,24+/m1/s1/i5D,6D,7D,8D,9D2. The van der Waals surface area contributed by atoms with E-state index in [0.717, 1.165) is 33.9 Å². The molecule has 0 bridgehead atoms. The minimum atomic E-state index is -5.38. The highest BCUT2D eigenvalue weighted by atomic mass is 32.3. The molecule has 41 heavy (non-hydrogen) atoms. The zero-order valence-electron chi connectivity index (χ0n) is 27.8. The largest absolute Gasteiger partial charge is 0.466 e. The summed E-state index contributed by atoms with van der Waals surface area (Å²) in [5.74, 6) is -3.69. The lowest BCUT2D eigenvalue weighted by Gasteiger charge is -2.44. The van der Waals surface area contributed by atoms with Crippen LogP contribution in [0.1, 0.15) is 41.5 Å². The van der Waals surface area contributed by atoms with Crippen LogP contribution >= 0.6 is 11.8 Å². The third-order valence-electron chi connectivity index (χ3n) is 4.95. The number of aromatic amines is 1. The normalized spacial score (nSPS) is 25.4. The fourth-order valence-electron chi connectivity index (χ4n) is 3.60. The number of thioether (sulfide) groups is 1. The van der Waals surface area contributed by atoms with Crippen molar-refractivity contribution in [1.29, 1.82) is 0 Å². The van der Waals surface area contributed by atoms with E-state index in [1.807, 2.05) is 0 Å². The monoisotopic (exact) mass is 622 g/mol. The summed E-state index contributed by atoms with van der Waals surface area (Å²) in [5.41, 5.74) is -2.47. The van der Waals surface area contributed by atoms with E-state index in [9.17, 15) is 32.1 Å². The Morgan fingerprint density at radius 2 is 1.63 bits per heavy atom. The summed E-state index contributed by atoms with van der Waals surface area (Å²) in [6, 6.07) is -2.58. The zero-order chi connectivity index (χ0) is 35.6. The van der Waals surface area contributed by atoms with Crippen LogP contribution in [-0.2, 0) is 63.9 Å². The van der Waals surface area contributed by atoms with Crippen LogP contribution in [0.3, 0.4) is 0 Å². The van der Waals surface area contributed by atoms with Crippen LogP contribution in [0.15, 0.2) is 35.5 Å². The summed E-state index contributed by atoms with van der Waals surface area (Å²) >= 11 is 0.174. The molecular weight excluding hydrogens is 588 g/mol. The van der Waals surface area contributed by atoms with Gasteiger partial charge in [0.15, 0.2) is 18.3 Å². The maximum Gasteiger partial charge on any atom is 0.466 e. The topological polar surface area (TPSA) is 206 Å². The molecule has 2 heterocycles. The summed E-state index contributed by atoms with van der Waals surface area (Å²) < 4.78 is 113. The fourth-order valence-corrected chi connectivity index (χ4v) is 4.83. The van der Waals surface area contributed by atoms with Crippen molar-refractivity contribution >= 4 is 62.0 Å². The van der Waals surface area contributed by atoms with Crippen molar-refractivity contribution in [1.82, 2.24) is 4.98 Å². The molecule has 15 nitrogen and oxygen atoms in total. The summed E-state index contributed by atoms with van der Waals surface area (Å²) in [6.45, 7) is 3.32. The number of oxime groups is 1. The number of aromatic nitrogens is 1. The van der Waals surface area contributed by atoms with Crippen LogP contribution < -0.4 is 0 Å². The molecule has 1 aliphatic rings. The van der Waals surface area contributed by atoms with Gasteiger partial charge in [-0.05, 0) is 11.6 Å². The highest BCUT2D eigenvalue weighted by Crippen LogP contribution is 2.36. The van der Waals surface area contributed by atoms with E-state index in [1.165, 1.54) is 0 Å². The number of hydrogen-bond donors (Lipinski definition) is 2. The molecule has 1 aromatic carbocycles. The van der Waals surface area contributed by atoms with Gasteiger partial charge in [-0.2, -0.15) is 8.42 Å². The van der Waals surface area contributed by atoms with E-state index in [4.69, 9.17) is 31.9 Å². The van der Waals surface area contributed by atoms with Gasteiger partial charge in [0.1, 0.15) is 23.2 Å². The second-order valence-corrected chi connectivity index (χ2v) is 10.3. The Morgan fingerprint density at radius 1 is 1.02 bits per heavy atom. The van der Waals surface area contributed by atoms with Crippen LogP contribution in [0.5, 0.6) is 0 Å². The lowest BCUT2D eigenvalue weighted by atomic mass is 9.99. The smallest absolute Gasteiger partial charge is 0.463 e. The lowest BCUT2D eigenvalue weighted by molar-refractivity contribution is -0.237. The average molecular weight is 623 g/mol. The van der Waals surface area contributed by atoms with Crippen molar-refractivity contribution < 1.29 is 68.3 Å². The van der Waals surface area contributed by atoms with Crippen molar-refractivity contribution in [3.05, 3.63) is 35.9 Å². The van der Waals surface area contributed by atoms with E-state index >= 15 is 0 Å². The van der Waals surface area contributed by atoms with E-state index in [1.54, 1.807) is 0 Å². The molecule has 1 aromatic heterocycles. The first-order valence-corrected chi connectivity index (χ1v) is 13.7. The SMILES string of the molecule is [2H]c1c([2H])c([2H])c2c(C([2H])([2H])/C(=N/OS(=O)(=O)O)S[C@@H]3O[C@H](COC(C)=O)[C@@H](OC(C)=O)[C@H](OC(C)=O)[C@H]3OC(C)=O)c[nH]c2c1[2H]. The molecule has 0 amide bonds. The number of para-hydroxylation sites is 1. The second kappa shape index (κ2) is 13.8. The number of carbonyl (C=O) groups is 4. The molecule has 0 saturated carbocycles. The predicted molar refractivity (Wildman–Crippen MR) is 142 cm³/mol. The van der Waals surface area contributed by atoms with Gasteiger partial charge >= 0.3 is 34.3 Å². The van der Waals surface area contributed by atoms with Crippen molar-refractivity contribution in [2.45, 2.75) is 63.9 Å². The lowest BCUT2D eigenvalue weighted by Crippen LogP contribution is -2.61. The highest BCUT2D eigenvalue weighted by molar-refractivity contribution is 8.14. The van der Waals surface area contributed by atoms with Crippen LogP contribution in [0.25, 0.3) is 10.9 Å². The van der Waals surface area contributed by atoms with Crippen molar-refractivity contribution in [3.63, 3.8) is 0 Å². The summed E-state index contributed by atoms with van der Waals surface area (Å²) in [6.07, 6.45) is -8.58. The van der Waals surface area contributed by atoms with Crippen LogP contribution in [-0.4, -0.2) is 83.3 Å². The van der Waals surface area contributed by atoms with Gasteiger partial charge in [-0.1, -0.05) is 35.0 Å². The Balaban J connectivity index is 2.24. The number of H-pyrrole nitrogens is 1. The summed E-state index contributed by atoms with van der Waals surface area (Å²) in [5, 5.41) is 1.89. The Morgan fingerprint density at radius 3 is 2.24 bits per heavy atom. The minimum absolute atomic E-state index is 0.174. The van der Waals surface area contributed by atoms with Crippen molar-refractivity contribution in [3.8, 4) is 0 Å². The van der Waals surface area contributed by atoms with Gasteiger partial charge in [-0.3, -0.25) is 23.7 Å². The molecule has 17 heteroatoms. The van der Waals surface area contributed by atoms with Gasteiger partial charge in [-0.25, -0.2) is 4.28 Å². The van der Waals surface area contributed by atoms with E-state index in [2.05, 4.69) is 14.4 Å². The third kappa shape index (κ3) is 9.44. The Kier molecular flexibility index (Phi) is 8.07. The van der Waals surface area contributed by atoms with Gasteiger partial charge in [0, 0.05) is 53.9 Å². The maximum atomic E-state index is 12.2. The van der Waals surface area contributed by atoms with Crippen LogP contribution in [0.4, 0.5) is 0 Å². The molecule has 1 saturated heterocycles. The number of hydrogen-bond acceptors (Lipinski definition) is 14. The molecule has 0 radical (unpaired) electrons. The van der Waals surface area contributed by atoms with E-state index in [-0.39, 0.29) is 22.7 Å². The number of nitrogens with zero attached hydrogens (tertiary/aromatic N) is 1. The van der Waals surface area contributed by atoms with E-state index in [0.29, 0.717) is 0 Å². The minimum Gasteiger partial charge on any atom is -0.463 e. The van der Waals surface area contributed by atoms with Crippen LogP contribution in [0, 0.1) is 0 Å². The van der Waals surface area contributed by atoms with Crippen molar-refractivity contribution in [2.24, 2.45) is 5.16 Å². The highest BCUT2D eigenvalue weighted by Gasteiger charge is 2.52. The molecule has 5 atom stereocenters. The Bertz CT molecular complexity index is 1720. The van der Waals surface area contributed by atoms with Gasteiger partial charge in [-0.15, -0.1) is 0 Å². The molecule has 0 spiro atoms. The number of ether oxygens (including phenoxy) is 5. The molecule has 2 N–H and O–H groups in total. The summed E-state index contributed by atoms with van der Waals surface area (Å²) in [4.78, 5) is 50.5. The Hall–Kier alpha value is -3.67. The number of benzene rings is 1. The Labute approximate surface area is 247 Å². The summed E-state index contributed by atoms with van der Waals surface area (Å²) in [7, 11) is -5.38. The number of carbonyl (C=O) groups excluding carboxylic acids is 4. The number of fused-ring (bicyclic) bond motifs is 1. The predicted octanol–water partition coefficient (Wildman–Crippen LogP) is 1.66. The van der Waals surface area contributed by atoms with Gasteiger partial charge in [0.2, 0.25) is 0 Å². The zero-order valence-corrected chi connectivity index (χ0v) is 23.4. The average Bonchev–Trinajstić information content (AvgIpc) is 3.40. The molecule has 0 unspecified atom stereocenters. The van der Waals surface area contributed by atoms with Gasteiger partial charge < -0.3 is 28.7 Å². The first-order chi connectivity index (χ1) is 21.6. The molecule has 0 aliphatic carbocycles. The van der Waals surface area contributed by atoms with Crippen LogP contribution in [0.2, 0.25) is 0 Å². The molecule has 1 aliphatic heterocycles. The number of esters is 4. The molecule has 2 aromatic rings. The molecular formula is C24H28N2O13S2. The third-order valence-corrected chi connectivity index (χ3v) is 6.22. The fraction of sp³-hybridized carbons (Fsp3) is 0.458. The quantitative estimate of drug-likeness (QED) is 0.0965. The van der Waals surface area contributed by atoms with Crippen molar-refractivity contribution in [2.75, 3.05) is 6.61 Å². The number of nitrogens with one attached hydrogen (secondary N) is 1. The maximum absolute atomic E-state index is 12.2. The molecule has 1 fully saturated rings. The molecule has 224 valence electrons. The first-order valence-electron chi connectivity index (χ1n) is 14.4.